The summed E-state index contributed by atoms with van der Waals surface area (Å²) in [5, 5.41) is 7.37. The number of rotatable bonds is 4. The Bertz CT molecular complexity index is 1010. The van der Waals surface area contributed by atoms with E-state index < -0.39 is 36.6 Å². The first-order valence-corrected chi connectivity index (χ1v) is 9.77. The molecule has 1 aromatic rings. The number of primary amides is 1. The number of halogens is 3. The number of pyridine rings is 1. The number of carbonyl (C=O) groups excluding carboxylic acids is 3. The maximum absolute atomic E-state index is 13.1. The van der Waals surface area contributed by atoms with Crippen molar-refractivity contribution in [2.75, 3.05) is 25.0 Å². The van der Waals surface area contributed by atoms with Crippen LogP contribution in [0.1, 0.15) is 16.8 Å². The molecule has 0 aromatic carbocycles. The van der Waals surface area contributed by atoms with Crippen molar-refractivity contribution in [3.63, 3.8) is 0 Å². The van der Waals surface area contributed by atoms with E-state index in [-0.39, 0.29) is 17.4 Å². The number of anilines is 1. The molecule has 1 saturated heterocycles. The maximum Gasteiger partial charge on any atom is 0.405 e. The quantitative estimate of drug-likeness (QED) is 0.526. The molecule has 4 heterocycles. The lowest BCUT2D eigenvalue weighted by Gasteiger charge is -2.40. The van der Waals surface area contributed by atoms with Gasteiger partial charge in [0.25, 0.3) is 0 Å². The van der Waals surface area contributed by atoms with Crippen LogP contribution in [0.3, 0.4) is 0 Å². The van der Waals surface area contributed by atoms with Crippen molar-refractivity contribution in [3.8, 4) is 0 Å². The molecule has 170 valence electrons. The number of carbonyl (C=O) groups is 3. The van der Waals surface area contributed by atoms with Crippen LogP contribution in [0, 0.1) is 0 Å². The SMILES string of the molecule is NC(=O)c1ccc(NC(=O)N2C3=C(C=CC(C(=O)NCC(F)(F)F)N3)N3CC[C@H]2C3)nc1. The van der Waals surface area contributed by atoms with Crippen molar-refractivity contribution in [3.05, 3.63) is 47.6 Å². The van der Waals surface area contributed by atoms with Crippen LogP contribution in [0.2, 0.25) is 0 Å². The van der Waals surface area contributed by atoms with Gasteiger partial charge in [-0.05, 0) is 24.6 Å². The predicted molar refractivity (Wildman–Crippen MR) is 106 cm³/mol. The molecule has 1 aromatic heterocycles. The van der Waals surface area contributed by atoms with Gasteiger partial charge in [-0.2, -0.15) is 13.2 Å². The zero-order chi connectivity index (χ0) is 23.0. The van der Waals surface area contributed by atoms with Crippen LogP contribution in [0.4, 0.5) is 23.8 Å². The normalized spacial score (nSPS) is 21.7. The lowest BCUT2D eigenvalue weighted by Crippen LogP contribution is -2.56. The van der Waals surface area contributed by atoms with Gasteiger partial charge in [-0.1, -0.05) is 6.08 Å². The number of allylic oxidation sites excluding steroid dienone is 1. The Morgan fingerprint density at radius 2 is 2.06 bits per heavy atom. The summed E-state index contributed by atoms with van der Waals surface area (Å²) in [6.07, 6.45) is 0.472. The highest BCUT2D eigenvalue weighted by Crippen LogP contribution is 2.33. The smallest absolute Gasteiger partial charge is 0.366 e. The zero-order valence-electron chi connectivity index (χ0n) is 16.6. The van der Waals surface area contributed by atoms with E-state index in [1.54, 1.807) is 6.08 Å². The molecule has 0 aliphatic carbocycles. The lowest BCUT2D eigenvalue weighted by atomic mass is 10.1. The molecular weight excluding hydrogens is 431 g/mol. The molecule has 3 aliphatic heterocycles. The van der Waals surface area contributed by atoms with E-state index in [1.807, 2.05) is 10.2 Å². The third-order valence-corrected chi connectivity index (χ3v) is 5.34. The highest BCUT2D eigenvalue weighted by molar-refractivity contribution is 5.94. The third-order valence-electron chi connectivity index (χ3n) is 5.34. The first-order chi connectivity index (χ1) is 15.1. The Hall–Kier alpha value is -3.77. The second-order valence-corrected chi connectivity index (χ2v) is 7.53. The summed E-state index contributed by atoms with van der Waals surface area (Å²) >= 11 is 0. The number of hydrogen-bond donors (Lipinski definition) is 4. The average Bonchev–Trinajstić information content (AvgIpc) is 3.15. The Morgan fingerprint density at radius 3 is 2.72 bits per heavy atom. The molecule has 0 spiro atoms. The van der Waals surface area contributed by atoms with Crippen LogP contribution < -0.4 is 21.7 Å². The number of nitrogens with one attached hydrogen (secondary N) is 3. The van der Waals surface area contributed by atoms with Crippen LogP contribution in [-0.2, 0) is 4.79 Å². The van der Waals surface area contributed by atoms with Gasteiger partial charge >= 0.3 is 12.2 Å². The fourth-order valence-corrected chi connectivity index (χ4v) is 3.84. The molecule has 0 saturated carbocycles. The minimum atomic E-state index is -4.53. The first kappa shape index (κ1) is 21.5. The van der Waals surface area contributed by atoms with Crippen molar-refractivity contribution < 1.29 is 27.6 Å². The number of alkyl halides is 3. The molecule has 4 rings (SSSR count). The van der Waals surface area contributed by atoms with Crippen LogP contribution >= 0.6 is 0 Å². The van der Waals surface area contributed by atoms with Gasteiger partial charge in [0.1, 0.15) is 24.2 Å². The summed E-state index contributed by atoms with van der Waals surface area (Å²) in [5.74, 6) is -0.990. The number of dihydropyridines is 1. The molecule has 10 nitrogen and oxygen atoms in total. The largest absolute Gasteiger partial charge is 0.405 e. The molecule has 5 N–H and O–H groups in total. The minimum absolute atomic E-state index is 0.184. The number of fused-ring (bicyclic) bond motifs is 3. The molecule has 1 fully saturated rings. The predicted octanol–water partition coefficient (Wildman–Crippen LogP) is 0.478. The number of nitrogens with zero attached hydrogens (tertiary/aromatic N) is 3. The van der Waals surface area contributed by atoms with Gasteiger partial charge in [0.05, 0.1) is 17.3 Å². The number of nitrogens with two attached hydrogens (primary N) is 1. The molecule has 32 heavy (non-hydrogen) atoms. The van der Waals surface area contributed by atoms with Crippen LogP contribution in [-0.4, -0.2) is 70.5 Å². The second-order valence-electron chi connectivity index (χ2n) is 7.53. The second kappa shape index (κ2) is 8.05. The van der Waals surface area contributed by atoms with Crippen molar-refractivity contribution in [2.45, 2.75) is 24.7 Å². The molecule has 2 bridgehead atoms. The van der Waals surface area contributed by atoms with E-state index in [4.69, 9.17) is 5.73 Å². The summed E-state index contributed by atoms with van der Waals surface area (Å²) in [5.41, 5.74) is 6.04. The molecule has 1 unspecified atom stereocenters. The minimum Gasteiger partial charge on any atom is -0.366 e. The van der Waals surface area contributed by atoms with Gasteiger partial charge in [-0.25, -0.2) is 9.78 Å². The molecule has 13 heteroatoms. The van der Waals surface area contributed by atoms with E-state index in [0.717, 1.165) is 0 Å². The van der Waals surface area contributed by atoms with Gasteiger partial charge in [-0.15, -0.1) is 0 Å². The summed E-state index contributed by atoms with van der Waals surface area (Å²) < 4.78 is 37.3. The van der Waals surface area contributed by atoms with E-state index in [9.17, 15) is 27.6 Å². The number of amides is 4. The average molecular weight is 451 g/mol. The fourth-order valence-electron chi connectivity index (χ4n) is 3.84. The van der Waals surface area contributed by atoms with E-state index in [1.165, 1.54) is 29.3 Å². The van der Waals surface area contributed by atoms with Crippen molar-refractivity contribution >= 4 is 23.7 Å². The molecule has 2 atom stereocenters. The molecule has 3 aliphatic rings. The van der Waals surface area contributed by atoms with Crippen molar-refractivity contribution in [2.24, 2.45) is 5.73 Å². The summed E-state index contributed by atoms with van der Waals surface area (Å²) in [6, 6.07) is 1.06. The Morgan fingerprint density at radius 1 is 1.28 bits per heavy atom. The van der Waals surface area contributed by atoms with E-state index >= 15 is 0 Å². The van der Waals surface area contributed by atoms with Gasteiger partial charge in [-0.3, -0.25) is 19.8 Å². The zero-order valence-corrected chi connectivity index (χ0v) is 16.6. The Labute approximate surface area is 180 Å². The topological polar surface area (TPSA) is 133 Å². The summed E-state index contributed by atoms with van der Waals surface area (Å²) in [6.45, 7) is -0.178. The van der Waals surface area contributed by atoms with Gasteiger partial charge in [0.15, 0.2) is 0 Å². The maximum atomic E-state index is 13.1. The molecule has 0 radical (unpaired) electrons. The Kier molecular flexibility index (Phi) is 5.40. The first-order valence-electron chi connectivity index (χ1n) is 9.77. The third kappa shape index (κ3) is 4.31. The lowest BCUT2D eigenvalue weighted by molar-refractivity contribution is -0.138. The monoisotopic (exact) mass is 451 g/mol. The van der Waals surface area contributed by atoms with Crippen LogP contribution in [0.25, 0.3) is 0 Å². The standard InChI is InChI=1S/C19H20F3N7O3/c20-19(21,22)9-25-17(31)12-2-3-13-16(26-12)29(11-5-6-28(13)8-11)18(32)27-14-4-1-10(7-24-14)15(23)30/h1-4,7,11-12,26H,5-6,8-9H2,(H2,23,30)(H,25,31)(H,24,27,32)/t11-,12?/m0/s1. The molecule has 4 amide bonds. The number of hydrogen-bond acceptors (Lipinski definition) is 6. The highest BCUT2D eigenvalue weighted by Gasteiger charge is 2.42. The van der Waals surface area contributed by atoms with Crippen molar-refractivity contribution in [1.29, 1.82) is 0 Å². The summed E-state index contributed by atoms with van der Waals surface area (Å²) in [4.78, 5) is 44.0. The summed E-state index contributed by atoms with van der Waals surface area (Å²) in [7, 11) is 0. The van der Waals surface area contributed by atoms with E-state index in [2.05, 4.69) is 15.6 Å². The van der Waals surface area contributed by atoms with E-state index in [0.29, 0.717) is 31.0 Å². The van der Waals surface area contributed by atoms with Gasteiger partial charge in [0.2, 0.25) is 11.8 Å². The Balaban J connectivity index is 1.51. The highest BCUT2D eigenvalue weighted by atomic mass is 19.4. The molecular formula is C19H20F3N7O3. The van der Waals surface area contributed by atoms with Gasteiger partial charge in [0, 0.05) is 19.3 Å². The van der Waals surface area contributed by atoms with Crippen LogP contribution in [0.15, 0.2) is 42.0 Å². The van der Waals surface area contributed by atoms with Gasteiger partial charge < -0.3 is 21.3 Å². The van der Waals surface area contributed by atoms with Crippen LogP contribution in [0.5, 0.6) is 0 Å². The number of aromatic nitrogens is 1. The number of urea groups is 1. The van der Waals surface area contributed by atoms with Crippen molar-refractivity contribution in [1.82, 2.24) is 25.4 Å². The fraction of sp³-hybridized carbons (Fsp3) is 0.368.